The Morgan fingerprint density at radius 1 is 1.00 bits per heavy atom. The minimum atomic E-state index is -1.21. The van der Waals surface area contributed by atoms with Crippen LogP contribution in [0.5, 0.6) is 5.75 Å². The smallest absolute Gasteiger partial charge is 0.407 e. The van der Waals surface area contributed by atoms with E-state index in [4.69, 9.17) is 9.47 Å². The van der Waals surface area contributed by atoms with E-state index in [1.54, 1.807) is 18.0 Å². The molecule has 0 radical (unpaired) electrons. The molecular weight excluding hydrogens is 472 g/mol. The number of aromatic nitrogens is 3. The molecule has 0 bridgehead atoms. The maximum atomic E-state index is 12.6. The number of fused-ring (bicyclic) bond motifs is 3. The van der Waals surface area contributed by atoms with Gasteiger partial charge in [-0.2, -0.15) is 0 Å². The number of carbonyl (C=O) groups excluding carboxylic acids is 1. The summed E-state index contributed by atoms with van der Waals surface area (Å²) in [7, 11) is 1.61. The maximum absolute atomic E-state index is 12.6. The molecule has 5 rings (SSSR count). The Morgan fingerprint density at radius 3 is 2.27 bits per heavy atom. The highest BCUT2D eigenvalue weighted by molar-refractivity contribution is 5.81. The van der Waals surface area contributed by atoms with Crippen LogP contribution in [0.2, 0.25) is 0 Å². The van der Waals surface area contributed by atoms with E-state index in [1.807, 2.05) is 60.7 Å². The van der Waals surface area contributed by atoms with Gasteiger partial charge in [0.1, 0.15) is 18.4 Å². The Balaban J connectivity index is 1.19. The summed E-state index contributed by atoms with van der Waals surface area (Å²) in [5.74, 6) is -0.538. The lowest BCUT2D eigenvalue weighted by Crippen LogP contribution is -2.43. The molecule has 0 saturated heterocycles. The van der Waals surface area contributed by atoms with Crippen molar-refractivity contribution in [2.24, 2.45) is 0 Å². The molecule has 2 N–H and O–H groups in total. The number of rotatable bonds is 9. The number of nitrogens with one attached hydrogen (secondary N) is 1. The largest absolute Gasteiger partial charge is 0.497 e. The van der Waals surface area contributed by atoms with Crippen LogP contribution < -0.4 is 10.1 Å². The summed E-state index contributed by atoms with van der Waals surface area (Å²) in [6.45, 7) is 0.568. The fourth-order valence-corrected chi connectivity index (χ4v) is 4.62. The van der Waals surface area contributed by atoms with Crippen molar-refractivity contribution in [1.29, 1.82) is 0 Å². The van der Waals surface area contributed by atoms with Crippen molar-refractivity contribution in [2.45, 2.75) is 24.9 Å². The Labute approximate surface area is 213 Å². The van der Waals surface area contributed by atoms with Crippen LogP contribution in [0.25, 0.3) is 11.1 Å². The molecule has 3 aromatic carbocycles. The van der Waals surface area contributed by atoms with Gasteiger partial charge in [-0.15, -0.1) is 5.10 Å². The van der Waals surface area contributed by atoms with E-state index in [2.05, 4.69) is 27.8 Å². The average Bonchev–Trinajstić information content (AvgIpc) is 3.49. The summed E-state index contributed by atoms with van der Waals surface area (Å²) < 4.78 is 12.3. The van der Waals surface area contributed by atoms with Crippen LogP contribution in [-0.2, 0) is 22.5 Å². The molecule has 188 valence electrons. The minimum absolute atomic E-state index is 0.0257. The van der Waals surface area contributed by atoms with Gasteiger partial charge in [-0.3, -0.25) is 0 Å². The first-order chi connectivity index (χ1) is 18.0. The monoisotopic (exact) mass is 498 g/mol. The van der Waals surface area contributed by atoms with Crippen molar-refractivity contribution in [3.63, 3.8) is 0 Å². The zero-order chi connectivity index (χ0) is 25.8. The zero-order valence-electron chi connectivity index (χ0n) is 20.2. The van der Waals surface area contributed by atoms with E-state index in [0.29, 0.717) is 12.2 Å². The Hall–Kier alpha value is -4.66. The van der Waals surface area contributed by atoms with E-state index in [1.165, 1.54) is 0 Å². The lowest BCUT2D eigenvalue weighted by molar-refractivity contribution is -0.139. The Morgan fingerprint density at radius 2 is 1.65 bits per heavy atom. The summed E-state index contributed by atoms with van der Waals surface area (Å²) in [5, 5.41) is 20.3. The van der Waals surface area contributed by atoms with Gasteiger partial charge in [0.2, 0.25) is 0 Å². The number of hydrogen-bond acceptors (Lipinski definition) is 6. The van der Waals surface area contributed by atoms with Crippen molar-refractivity contribution in [1.82, 2.24) is 20.3 Å². The van der Waals surface area contributed by atoms with Crippen LogP contribution in [0, 0.1) is 0 Å². The molecule has 1 amide bonds. The highest BCUT2D eigenvalue weighted by Gasteiger charge is 2.30. The maximum Gasteiger partial charge on any atom is 0.407 e. The molecule has 1 heterocycles. The number of carboxylic acids is 1. The van der Waals surface area contributed by atoms with Crippen molar-refractivity contribution < 1.29 is 24.2 Å². The van der Waals surface area contributed by atoms with Gasteiger partial charge in [0.25, 0.3) is 0 Å². The molecule has 0 saturated carbocycles. The molecule has 4 aromatic rings. The molecular formula is C28H26N4O5. The number of ether oxygens (including phenoxy) is 2. The van der Waals surface area contributed by atoms with Crippen LogP contribution in [0.3, 0.4) is 0 Å². The van der Waals surface area contributed by atoms with Gasteiger partial charge in [0.05, 0.1) is 19.3 Å². The van der Waals surface area contributed by atoms with Crippen molar-refractivity contribution in [2.75, 3.05) is 13.7 Å². The first kappa shape index (κ1) is 24.1. The van der Waals surface area contributed by atoms with E-state index < -0.39 is 18.1 Å². The highest BCUT2D eigenvalue weighted by atomic mass is 16.5. The molecule has 0 spiro atoms. The third-order valence-corrected chi connectivity index (χ3v) is 6.44. The summed E-state index contributed by atoms with van der Waals surface area (Å²) in [6.07, 6.45) is 0.849. The van der Waals surface area contributed by atoms with Gasteiger partial charge in [0.15, 0.2) is 0 Å². The van der Waals surface area contributed by atoms with Crippen LogP contribution in [-0.4, -0.2) is 51.9 Å². The van der Waals surface area contributed by atoms with Crippen molar-refractivity contribution in [3.05, 3.63) is 101 Å². The van der Waals surface area contributed by atoms with Gasteiger partial charge >= 0.3 is 12.1 Å². The average molecular weight is 499 g/mol. The Bertz CT molecular complexity index is 1370. The zero-order valence-corrected chi connectivity index (χ0v) is 20.2. The molecule has 1 aliphatic carbocycles. The lowest BCUT2D eigenvalue weighted by Gasteiger charge is -2.17. The number of carbonyl (C=O) groups is 2. The fourth-order valence-electron chi connectivity index (χ4n) is 4.62. The SMILES string of the molecule is COc1ccc(Cn2cc(CC(NC(=O)OCC3c4ccccc4-c4ccccc43)C(=O)O)nn2)cc1. The third-order valence-electron chi connectivity index (χ3n) is 6.44. The molecule has 0 aliphatic heterocycles. The third kappa shape index (κ3) is 5.30. The van der Waals surface area contributed by atoms with Crippen molar-refractivity contribution in [3.8, 4) is 16.9 Å². The fraction of sp³-hybridized carbons (Fsp3) is 0.214. The van der Waals surface area contributed by atoms with Gasteiger partial charge in [0, 0.05) is 18.5 Å². The van der Waals surface area contributed by atoms with Crippen LogP contribution in [0.1, 0.15) is 28.3 Å². The first-order valence-corrected chi connectivity index (χ1v) is 11.9. The summed E-state index contributed by atoms with van der Waals surface area (Å²) in [4.78, 5) is 24.4. The lowest BCUT2D eigenvalue weighted by atomic mass is 9.98. The molecule has 1 aromatic heterocycles. The van der Waals surface area contributed by atoms with Gasteiger partial charge in [-0.1, -0.05) is 65.9 Å². The number of carboxylic acid groups (broad SMARTS) is 1. The van der Waals surface area contributed by atoms with E-state index in [9.17, 15) is 14.7 Å². The topological polar surface area (TPSA) is 116 Å². The Kier molecular flexibility index (Phi) is 6.85. The molecule has 1 unspecified atom stereocenters. The van der Waals surface area contributed by atoms with Crippen LogP contribution in [0.15, 0.2) is 79.0 Å². The number of alkyl carbamates (subject to hydrolysis) is 1. The first-order valence-electron chi connectivity index (χ1n) is 11.9. The molecule has 1 aliphatic rings. The second kappa shape index (κ2) is 10.5. The molecule has 1 atom stereocenters. The number of methoxy groups -OCH3 is 1. The van der Waals surface area contributed by atoms with Gasteiger partial charge in [-0.05, 0) is 39.9 Å². The number of hydrogen-bond donors (Lipinski definition) is 2. The number of nitrogens with zero attached hydrogens (tertiary/aromatic N) is 3. The summed E-state index contributed by atoms with van der Waals surface area (Å²) in [5.41, 5.74) is 5.84. The van der Waals surface area contributed by atoms with Gasteiger partial charge in [-0.25, -0.2) is 14.3 Å². The molecule has 37 heavy (non-hydrogen) atoms. The standard InChI is InChI=1S/C28H26N4O5/c1-36-20-12-10-18(11-13-20)15-32-16-19(30-31-32)14-26(27(33)34)29-28(35)37-17-25-23-8-4-2-6-21(23)22-7-3-5-9-24(22)25/h2-13,16,25-26H,14-15,17H2,1H3,(H,29,35)(H,33,34). The number of aliphatic carboxylic acids is 1. The predicted octanol–water partition coefficient (Wildman–Crippen LogP) is 3.87. The summed E-state index contributed by atoms with van der Waals surface area (Å²) in [6, 6.07) is 22.4. The minimum Gasteiger partial charge on any atom is -0.497 e. The summed E-state index contributed by atoms with van der Waals surface area (Å²) >= 11 is 0. The van der Waals surface area contributed by atoms with Gasteiger partial charge < -0.3 is 19.9 Å². The van der Waals surface area contributed by atoms with E-state index >= 15 is 0 Å². The molecule has 9 heteroatoms. The number of benzene rings is 3. The second-order valence-corrected chi connectivity index (χ2v) is 8.82. The molecule has 9 nitrogen and oxygen atoms in total. The second-order valence-electron chi connectivity index (χ2n) is 8.82. The predicted molar refractivity (Wildman–Crippen MR) is 135 cm³/mol. The van der Waals surface area contributed by atoms with Crippen molar-refractivity contribution >= 4 is 12.1 Å². The van der Waals surface area contributed by atoms with E-state index in [0.717, 1.165) is 33.6 Å². The normalized spacial score (nSPS) is 12.9. The number of amides is 1. The van der Waals surface area contributed by atoms with Crippen LogP contribution >= 0.6 is 0 Å². The van der Waals surface area contributed by atoms with Crippen LogP contribution in [0.4, 0.5) is 4.79 Å². The van der Waals surface area contributed by atoms with E-state index in [-0.39, 0.29) is 18.9 Å². The highest BCUT2D eigenvalue weighted by Crippen LogP contribution is 2.44. The quantitative estimate of drug-likeness (QED) is 0.360. The molecule has 0 fully saturated rings.